The molecule has 0 N–H and O–H groups in total. The van der Waals surface area contributed by atoms with Crippen LogP contribution in [0.4, 0.5) is 0 Å². The third-order valence-corrected chi connectivity index (χ3v) is 5.46. The first kappa shape index (κ1) is 18.8. The summed E-state index contributed by atoms with van der Waals surface area (Å²) in [6, 6.07) is 19.8. The lowest BCUT2D eigenvalue weighted by molar-refractivity contribution is -0.205. The third kappa shape index (κ3) is 2.80. The number of benzene rings is 2. The van der Waals surface area contributed by atoms with Crippen molar-refractivity contribution in [1.82, 2.24) is 0 Å². The number of hydrogen-bond acceptors (Lipinski definition) is 3. The molecule has 2 aromatic rings. The van der Waals surface area contributed by atoms with Crippen molar-refractivity contribution in [3.63, 3.8) is 0 Å². The van der Waals surface area contributed by atoms with Crippen molar-refractivity contribution < 1.29 is 14.3 Å². The van der Waals surface area contributed by atoms with Gasteiger partial charge in [-0.1, -0.05) is 74.5 Å². The Balaban J connectivity index is 2.20. The van der Waals surface area contributed by atoms with Gasteiger partial charge in [0.25, 0.3) is 0 Å². The fourth-order valence-electron chi connectivity index (χ4n) is 4.08. The molecule has 0 aromatic heterocycles. The van der Waals surface area contributed by atoms with Gasteiger partial charge in [0.2, 0.25) is 0 Å². The highest BCUT2D eigenvalue weighted by atomic mass is 16.7. The van der Waals surface area contributed by atoms with Gasteiger partial charge in [-0.05, 0) is 37.8 Å². The van der Waals surface area contributed by atoms with Crippen LogP contribution in [0, 0.1) is 0 Å². The van der Waals surface area contributed by atoms with Crippen LogP contribution < -0.4 is 0 Å². The molecule has 1 unspecified atom stereocenters. The largest absolute Gasteiger partial charge is 0.348 e. The fraction of sp³-hybridized carbons (Fsp3) is 0.435. The van der Waals surface area contributed by atoms with Crippen molar-refractivity contribution in [2.75, 3.05) is 0 Å². The molecule has 26 heavy (non-hydrogen) atoms. The maximum Gasteiger partial charge on any atom is 0.184 e. The second-order valence-electron chi connectivity index (χ2n) is 7.20. The molecule has 138 valence electrons. The number of ketones is 1. The van der Waals surface area contributed by atoms with Gasteiger partial charge >= 0.3 is 0 Å². The van der Waals surface area contributed by atoms with E-state index in [9.17, 15) is 4.79 Å². The van der Waals surface area contributed by atoms with E-state index in [1.165, 1.54) is 0 Å². The Hall–Kier alpha value is -1.97. The van der Waals surface area contributed by atoms with Gasteiger partial charge in [-0.15, -0.1) is 0 Å². The van der Waals surface area contributed by atoms with Crippen LogP contribution >= 0.6 is 0 Å². The quantitative estimate of drug-likeness (QED) is 0.735. The topological polar surface area (TPSA) is 35.5 Å². The summed E-state index contributed by atoms with van der Waals surface area (Å²) in [6.45, 7) is 8.01. The lowest BCUT2D eigenvalue weighted by Crippen LogP contribution is -2.45. The van der Waals surface area contributed by atoms with Crippen LogP contribution in [0.3, 0.4) is 0 Å². The first-order valence-corrected chi connectivity index (χ1v) is 9.50. The van der Waals surface area contributed by atoms with E-state index in [-0.39, 0.29) is 11.9 Å². The van der Waals surface area contributed by atoms with Crippen LogP contribution in [-0.4, -0.2) is 18.2 Å². The number of rotatable bonds is 6. The fourth-order valence-corrected chi connectivity index (χ4v) is 4.08. The zero-order valence-electron chi connectivity index (χ0n) is 16.1. The molecular formula is C23H28O3. The molecule has 0 saturated carbocycles. The Morgan fingerprint density at radius 1 is 0.923 bits per heavy atom. The zero-order chi connectivity index (χ0) is 18.8. The summed E-state index contributed by atoms with van der Waals surface area (Å²) >= 11 is 0. The zero-order valence-corrected chi connectivity index (χ0v) is 16.1. The minimum Gasteiger partial charge on any atom is -0.348 e. The molecule has 1 aliphatic heterocycles. The Kier molecular flexibility index (Phi) is 5.31. The van der Waals surface area contributed by atoms with Gasteiger partial charge < -0.3 is 9.47 Å². The number of carbonyl (C=O) groups excluding carboxylic acids is 1. The van der Waals surface area contributed by atoms with Crippen LogP contribution in [-0.2, 0) is 25.3 Å². The van der Waals surface area contributed by atoms with Crippen LogP contribution in [0.25, 0.3) is 0 Å². The molecular weight excluding hydrogens is 324 g/mol. The molecule has 0 amide bonds. The Morgan fingerprint density at radius 3 is 1.92 bits per heavy atom. The summed E-state index contributed by atoms with van der Waals surface area (Å²) in [5.74, 6) is 0.0954. The van der Waals surface area contributed by atoms with E-state index in [4.69, 9.17) is 9.47 Å². The highest BCUT2D eigenvalue weighted by molar-refractivity contribution is 6.00. The average Bonchev–Trinajstić information content (AvgIpc) is 2.92. The molecule has 2 aromatic carbocycles. The lowest BCUT2D eigenvalue weighted by Gasteiger charge is -2.32. The molecule has 3 atom stereocenters. The van der Waals surface area contributed by atoms with Crippen molar-refractivity contribution in [1.29, 1.82) is 0 Å². The summed E-state index contributed by atoms with van der Waals surface area (Å²) in [5, 5.41) is 0. The third-order valence-electron chi connectivity index (χ3n) is 5.46. The standard InChI is InChI=1S/C23H28O3/c1-5-22(18-13-9-7-10-14-18)20(24)23(6-2,19-15-11-8-12-16-19)26-21(22)25-17(3)4/h7-17,21H,5-6H2,1-4H3/t21?,22-,23-/m1/s1. The van der Waals surface area contributed by atoms with E-state index in [0.29, 0.717) is 12.8 Å². The summed E-state index contributed by atoms with van der Waals surface area (Å²) in [4.78, 5) is 14.0. The molecule has 1 fully saturated rings. The molecule has 0 spiro atoms. The van der Waals surface area contributed by atoms with E-state index in [0.717, 1.165) is 11.1 Å². The predicted octanol–water partition coefficient (Wildman–Crippen LogP) is 4.99. The molecule has 1 heterocycles. The van der Waals surface area contributed by atoms with Gasteiger partial charge in [-0.2, -0.15) is 0 Å². The van der Waals surface area contributed by atoms with Gasteiger partial charge in [0.05, 0.1) is 6.10 Å². The SMILES string of the molecule is CC[C@]1(c2ccccc2)OC(OC(C)C)[C@](CC)(c2ccccc2)C1=O. The first-order valence-electron chi connectivity index (χ1n) is 9.50. The monoisotopic (exact) mass is 352 g/mol. The van der Waals surface area contributed by atoms with Gasteiger partial charge in [0, 0.05) is 0 Å². The minimum atomic E-state index is -0.979. The highest BCUT2D eigenvalue weighted by Crippen LogP contribution is 2.52. The van der Waals surface area contributed by atoms with Crippen molar-refractivity contribution in [3.8, 4) is 0 Å². The Labute approximate surface area is 156 Å². The van der Waals surface area contributed by atoms with Crippen LogP contribution in [0.5, 0.6) is 0 Å². The first-order chi connectivity index (χ1) is 12.5. The van der Waals surface area contributed by atoms with Crippen LogP contribution in [0.2, 0.25) is 0 Å². The van der Waals surface area contributed by atoms with E-state index >= 15 is 0 Å². The van der Waals surface area contributed by atoms with E-state index < -0.39 is 17.3 Å². The number of carbonyl (C=O) groups is 1. The van der Waals surface area contributed by atoms with Crippen molar-refractivity contribution >= 4 is 5.78 Å². The molecule has 3 rings (SSSR count). The summed E-state index contributed by atoms with van der Waals surface area (Å²) in [5.41, 5.74) is 0.0739. The second-order valence-corrected chi connectivity index (χ2v) is 7.20. The second kappa shape index (κ2) is 7.34. The van der Waals surface area contributed by atoms with Crippen molar-refractivity contribution in [3.05, 3.63) is 71.8 Å². The summed E-state index contributed by atoms with van der Waals surface area (Å²) < 4.78 is 12.7. The molecule has 0 bridgehead atoms. The Bertz CT molecular complexity index is 741. The van der Waals surface area contributed by atoms with E-state index in [2.05, 4.69) is 0 Å². The van der Waals surface area contributed by atoms with Gasteiger partial charge in [-0.3, -0.25) is 4.79 Å². The minimum absolute atomic E-state index is 0.0362. The summed E-state index contributed by atoms with van der Waals surface area (Å²) in [7, 11) is 0. The molecule has 1 saturated heterocycles. The normalized spacial score (nSPS) is 28.7. The lowest BCUT2D eigenvalue weighted by atomic mass is 9.69. The molecule has 0 aliphatic carbocycles. The van der Waals surface area contributed by atoms with Crippen LogP contribution in [0.15, 0.2) is 60.7 Å². The number of hydrogen-bond donors (Lipinski definition) is 0. The van der Waals surface area contributed by atoms with Crippen LogP contribution in [0.1, 0.15) is 51.7 Å². The maximum absolute atomic E-state index is 14.0. The average molecular weight is 352 g/mol. The molecule has 3 nitrogen and oxygen atoms in total. The molecule has 3 heteroatoms. The number of Topliss-reactive ketones (excluding diaryl/α,β-unsaturated/α-hetero) is 1. The summed E-state index contributed by atoms with van der Waals surface area (Å²) in [6.07, 6.45) is 0.554. The maximum atomic E-state index is 14.0. The predicted molar refractivity (Wildman–Crippen MR) is 103 cm³/mol. The van der Waals surface area contributed by atoms with E-state index in [1.807, 2.05) is 88.4 Å². The van der Waals surface area contributed by atoms with Gasteiger partial charge in [0.15, 0.2) is 17.7 Å². The van der Waals surface area contributed by atoms with Gasteiger partial charge in [-0.25, -0.2) is 0 Å². The Morgan fingerprint density at radius 2 is 1.46 bits per heavy atom. The smallest absolute Gasteiger partial charge is 0.184 e. The molecule has 1 aliphatic rings. The molecule has 0 radical (unpaired) electrons. The van der Waals surface area contributed by atoms with Crippen molar-refractivity contribution in [2.24, 2.45) is 0 Å². The van der Waals surface area contributed by atoms with Crippen molar-refractivity contribution in [2.45, 2.75) is 63.9 Å². The highest BCUT2D eigenvalue weighted by Gasteiger charge is 2.64. The number of ether oxygens (including phenoxy) is 2. The van der Waals surface area contributed by atoms with E-state index in [1.54, 1.807) is 0 Å². The van der Waals surface area contributed by atoms with Gasteiger partial charge in [0.1, 0.15) is 5.41 Å².